The minimum Gasteiger partial charge on any atom is -0.508 e. The van der Waals surface area contributed by atoms with Crippen LogP contribution in [0.1, 0.15) is 0 Å². The summed E-state index contributed by atoms with van der Waals surface area (Å²) in [6, 6.07) is 2.25. The van der Waals surface area contributed by atoms with Gasteiger partial charge in [0, 0.05) is 11.6 Å². The largest absolute Gasteiger partial charge is 0.508 e. The molecule has 0 aliphatic rings. The molecule has 2 rings (SSSR count). The number of phenolic OH excluding ortho intramolecular Hbond substituents is 2. The second kappa shape index (κ2) is 4.42. The Hall–Kier alpha value is -2.31. The predicted molar refractivity (Wildman–Crippen MR) is 55.0 cm³/mol. The summed E-state index contributed by atoms with van der Waals surface area (Å²) in [6.07, 6.45) is 0. The zero-order valence-electron chi connectivity index (χ0n) is 9.02. The summed E-state index contributed by atoms with van der Waals surface area (Å²) in [5.74, 6) is -11.6. The van der Waals surface area contributed by atoms with Gasteiger partial charge in [0.25, 0.3) is 0 Å². The summed E-state index contributed by atoms with van der Waals surface area (Å²) in [5, 5.41) is 18.3. The zero-order valence-corrected chi connectivity index (χ0v) is 9.02. The van der Waals surface area contributed by atoms with Gasteiger partial charge >= 0.3 is 0 Å². The van der Waals surface area contributed by atoms with Crippen LogP contribution in [0.25, 0.3) is 11.1 Å². The van der Waals surface area contributed by atoms with Crippen LogP contribution in [0.5, 0.6) is 11.5 Å². The maximum Gasteiger partial charge on any atom is 0.204 e. The molecule has 0 fully saturated rings. The molecule has 0 heterocycles. The van der Waals surface area contributed by atoms with Crippen molar-refractivity contribution in [2.45, 2.75) is 0 Å². The Bertz CT molecular complexity index is 641. The lowest BCUT2D eigenvalue weighted by Gasteiger charge is -2.10. The highest BCUT2D eigenvalue weighted by molar-refractivity contribution is 5.72. The van der Waals surface area contributed by atoms with Crippen LogP contribution >= 0.6 is 0 Å². The quantitative estimate of drug-likeness (QED) is 0.475. The van der Waals surface area contributed by atoms with E-state index in [0.717, 1.165) is 12.1 Å². The van der Waals surface area contributed by atoms with Crippen molar-refractivity contribution in [2.24, 2.45) is 0 Å². The van der Waals surface area contributed by atoms with Crippen molar-refractivity contribution in [1.29, 1.82) is 0 Å². The maximum absolute atomic E-state index is 13.5. The fourth-order valence-corrected chi connectivity index (χ4v) is 1.57. The van der Waals surface area contributed by atoms with Crippen molar-refractivity contribution in [3.05, 3.63) is 47.3 Å². The third-order valence-corrected chi connectivity index (χ3v) is 2.46. The second-order valence-corrected chi connectivity index (χ2v) is 3.64. The second-order valence-electron chi connectivity index (χ2n) is 3.64. The van der Waals surface area contributed by atoms with E-state index in [0.29, 0.717) is 6.07 Å². The number of hydrogen-bond acceptors (Lipinski definition) is 2. The van der Waals surface area contributed by atoms with Gasteiger partial charge in [-0.05, 0) is 12.1 Å². The van der Waals surface area contributed by atoms with Crippen molar-refractivity contribution in [3.63, 3.8) is 0 Å². The Balaban J connectivity index is 2.83. The average Bonchev–Trinajstić information content (AvgIpc) is 2.37. The molecule has 0 atom stereocenters. The zero-order chi connectivity index (χ0) is 14.3. The number of hydrogen-bond donors (Lipinski definition) is 2. The molecular formula is C12H5F5O2. The fraction of sp³-hybridized carbons (Fsp3) is 0. The van der Waals surface area contributed by atoms with Gasteiger partial charge in [0.05, 0.1) is 5.56 Å². The molecule has 19 heavy (non-hydrogen) atoms. The van der Waals surface area contributed by atoms with Crippen LogP contribution in [0.2, 0.25) is 0 Å². The Morgan fingerprint density at radius 1 is 0.737 bits per heavy atom. The van der Waals surface area contributed by atoms with E-state index in [1.165, 1.54) is 0 Å². The highest BCUT2D eigenvalue weighted by Gasteiger charge is 2.27. The van der Waals surface area contributed by atoms with Gasteiger partial charge in [0.1, 0.15) is 11.6 Å². The van der Waals surface area contributed by atoms with Crippen molar-refractivity contribution in [3.8, 4) is 22.6 Å². The van der Waals surface area contributed by atoms with E-state index >= 15 is 0 Å². The van der Waals surface area contributed by atoms with Crippen LogP contribution in [-0.4, -0.2) is 10.2 Å². The monoisotopic (exact) mass is 276 g/mol. The van der Waals surface area contributed by atoms with Crippen LogP contribution in [0.15, 0.2) is 18.2 Å². The topological polar surface area (TPSA) is 40.5 Å². The summed E-state index contributed by atoms with van der Waals surface area (Å²) in [6.45, 7) is 0. The lowest BCUT2D eigenvalue weighted by Crippen LogP contribution is -2.01. The predicted octanol–water partition coefficient (Wildman–Crippen LogP) is 3.46. The molecule has 0 saturated carbocycles. The van der Waals surface area contributed by atoms with Gasteiger partial charge in [-0.25, -0.2) is 17.6 Å². The molecular weight excluding hydrogens is 271 g/mol. The van der Waals surface area contributed by atoms with Crippen molar-refractivity contribution in [2.75, 3.05) is 0 Å². The molecule has 0 amide bonds. The van der Waals surface area contributed by atoms with Crippen molar-refractivity contribution in [1.82, 2.24) is 0 Å². The molecule has 0 unspecified atom stereocenters. The van der Waals surface area contributed by atoms with Crippen molar-refractivity contribution >= 4 is 0 Å². The molecule has 100 valence electrons. The fourth-order valence-electron chi connectivity index (χ4n) is 1.57. The highest BCUT2D eigenvalue weighted by atomic mass is 19.2. The minimum absolute atomic E-state index is 0.510. The minimum atomic E-state index is -2.20. The van der Waals surface area contributed by atoms with Crippen LogP contribution in [0, 0.1) is 29.1 Å². The molecule has 0 saturated heterocycles. The molecule has 0 bridgehead atoms. The maximum atomic E-state index is 13.5. The van der Waals surface area contributed by atoms with E-state index in [-0.39, 0.29) is 0 Å². The van der Waals surface area contributed by atoms with Crippen LogP contribution in [-0.2, 0) is 0 Å². The molecule has 0 aromatic heterocycles. The van der Waals surface area contributed by atoms with E-state index in [1.807, 2.05) is 0 Å². The van der Waals surface area contributed by atoms with Gasteiger partial charge in [-0.3, -0.25) is 0 Å². The number of phenols is 2. The first kappa shape index (κ1) is 13.1. The SMILES string of the molecule is Oc1ccc(-c2c(O)c(F)c(F)c(F)c2F)c(F)c1. The molecule has 0 aliphatic heterocycles. The summed E-state index contributed by atoms with van der Waals surface area (Å²) in [7, 11) is 0. The van der Waals surface area contributed by atoms with Gasteiger partial charge in [0.2, 0.25) is 11.6 Å². The summed E-state index contributed by atoms with van der Waals surface area (Å²) in [5.41, 5.74) is -1.88. The standard InChI is InChI=1S/C12H5F5O2/c13-6-3-4(18)1-2-5(6)7-8(14)9(15)10(16)11(17)12(7)19/h1-3,18-19H. The Kier molecular flexibility index (Phi) is 3.05. The van der Waals surface area contributed by atoms with Gasteiger partial charge in [-0.15, -0.1) is 0 Å². The molecule has 0 radical (unpaired) electrons. The third-order valence-electron chi connectivity index (χ3n) is 2.46. The van der Waals surface area contributed by atoms with E-state index in [1.54, 1.807) is 0 Å². The Morgan fingerprint density at radius 3 is 1.89 bits per heavy atom. The molecule has 0 spiro atoms. The number of aromatic hydroxyl groups is 2. The summed E-state index contributed by atoms with van der Waals surface area (Å²) >= 11 is 0. The van der Waals surface area contributed by atoms with Gasteiger partial charge in [-0.1, -0.05) is 0 Å². The van der Waals surface area contributed by atoms with E-state index in [2.05, 4.69) is 0 Å². The van der Waals surface area contributed by atoms with Crippen LogP contribution in [0.3, 0.4) is 0 Å². The van der Waals surface area contributed by atoms with E-state index in [9.17, 15) is 27.1 Å². The molecule has 7 heteroatoms. The normalized spacial score (nSPS) is 10.8. The van der Waals surface area contributed by atoms with E-state index < -0.39 is 51.7 Å². The molecule has 2 N–H and O–H groups in total. The summed E-state index contributed by atoms with van der Waals surface area (Å²) < 4.78 is 66.0. The van der Waals surface area contributed by atoms with Crippen molar-refractivity contribution < 1.29 is 32.2 Å². The molecule has 2 nitrogen and oxygen atoms in total. The number of halogens is 5. The molecule has 0 aliphatic carbocycles. The third kappa shape index (κ3) is 1.96. The molecule has 2 aromatic rings. The lowest BCUT2D eigenvalue weighted by molar-refractivity contribution is 0.367. The van der Waals surface area contributed by atoms with Crippen LogP contribution in [0.4, 0.5) is 22.0 Å². The Labute approximate surface area is 103 Å². The summed E-state index contributed by atoms with van der Waals surface area (Å²) in [4.78, 5) is 0. The highest BCUT2D eigenvalue weighted by Crippen LogP contribution is 2.38. The smallest absolute Gasteiger partial charge is 0.204 e. The first-order valence-electron chi connectivity index (χ1n) is 4.88. The molecule has 2 aromatic carbocycles. The first-order valence-corrected chi connectivity index (χ1v) is 4.88. The van der Waals surface area contributed by atoms with E-state index in [4.69, 9.17) is 5.11 Å². The lowest BCUT2D eigenvalue weighted by atomic mass is 10.0. The first-order chi connectivity index (χ1) is 8.84. The number of benzene rings is 2. The Morgan fingerprint density at radius 2 is 1.32 bits per heavy atom. The van der Waals surface area contributed by atoms with Gasteiger partial charge in [0.15, 0.2) is 17.4 Å². The van der Waals surface area contributed by atoms with Crippen LogP contribution < -0.4 is 0 Å². The average molecular weight is 276 g/mol. The van der Waals surface area contributed by atoms with Gasteiger partial charge < -0.3 is 10.2 Å². The number of rotatable bonds is 1. The van der Waals surface area contributed by atoms with Gasteiger partial charge in [-0.2, -0.15) is 4.39 Å².